The van der Waals surface area contributed by atoms with Gasteiger partial charge in [0.15, 0.2) is 0 Å². The summed E-state index contributed by atoms with van der Waals surface area (Å²) in [5.41, 5.74) is 5.74. The Bertz CT molecular complexity index is 508. The second kappa shape index (κ2) is 7.81. The van der Waals surface area contributed by atoms with Crippen LogP contribution in [-0.2, 0) is 17.4 Å². The van der Waals surface area contributed by atoms with Crippen LogP contribution in [-0.4, -0.2) is 18.0 Å². The Morgan fingerprint density at radius 2 is 1.70 bits per heavy atom. The largest absolute Gasteiger partial charge is 0.416 e. The van der Waals surface area contributed by atoms with E-state index < -0.39 is 17.3 Å². The van der Waals surface area contributed by atoms with E-state index in [9.17, 15) is 18.0 Å². The molecule has 0 saturated heterocycles. The topological polar surface area (TPSA) is 55.1 Å². The highest BCUT2D eigenvalue weighted by molar-refractivity contribution is 5.78. The van der Waals surface area contributed by atoms with Crippen molar-refractivity contribution in [2.75, 3.05) is 6.54 Å². The molecule has 3 nitrogen and oxygen atoms in total. The first-order chi connectivity index (χ1) is 10.6. The number of carbonyl (C=O) groups is 1. The number of benzene rings is 1. The lowest BCUT2D eigenvalue weighted by molar-refractivity contribution is -0.137. The Balaban J connectivity index is 2.58. The van der Waals surface area contributed by atoms with E-state index in [1.54, 1.807) is 6.92 Å². The molecule has 6 heteroatoms. The lowest BCUT2D eigenvalue weighted by Crippen LogP contribution is -2.50. The molecular weight excluding hydrogens is 305 g/mol. The number of rotatable bonds is 7. The summed E-state index contributed by atoms with van der Waals surface area (Å²) in [5.74, 6) is -0.466. The number of nitrogens with one attached hydrogen (secondary N) is 1. The molecule has 0 bridgehead atoms. The first kappa shape index (κ1) is 19.5. The molecule has 0 radical (unpaired) electrons. The van der Waals surface area contributed by atoms with Crippen molar-refractivity contribution in [2.24, 2.45) is 11.7 Å². The number of carbonyl (C=O) groups excluding carboxylic acids is 1. The highest BCUT2D eigenvalue weighted by Gasteiger charge is 2.30. The standard InChI is InChI=1S/C17H25F3N2O/c1-4-16(21,5-2)11-22-15(23)12(3)10-13-6-8-14(9-7-13)17(18,19)20/h6-9,12H,4-5,10-11,21H2,1-3H3,(H,22,23). The molecule has 3 N–H and O–H groups in total. The van der Waals surface area contributed by atoms with Gasteiger partial charge in [-0.05, 0) is 37.0 Å². The van der Waals surface area contributed by atoms with Gasteiger partial charge in [0.2, 0.25) is 5.91 Å². The van der Waals surface area contributed by atoms with Gasteiger partial charge in [-0.1, -0.05) is 32.9 Å². The lowest BCUT2D eigenvalue weighted by Gasteiger charge is -2.27. The van der Waals surface area contributed by atoms with Crippen molar-refractivity contribution in [2.45, 2.75) is 51.7 Å². The Hall–Kier alpha value is -1.56. The summed E-state index contributed by atoms with van der Waals surface area (Å²) in [7, 11) is 0. The average Bonchev–Trinajstić information content (AvgIpc) is 2.51. The molecule has 130 valence electrons. The van der Waals surface area contributed by atoms with E-state index in [2.05, 4.69) is 5.32 Å². The highest BCUT2D eigenvalue weighted by Crippen LogP contribution is 2.29. The predicted molar refractivity (Wildman–Crippen MR) is 84.8 cm³/mol. The van der Waals surface area contributed by atoms with Crippen LogP contribution in [0.15, 0.2) is 24.3 Å². The van der Waals surface area contributed by atoms with Crippen LogP contribution >= 0.6 is 0 Å². The number of hydrogen-bond acceptors (Lipinski definition) is 2. The van der Waals surface area contributed by atoms with Crippen LogP contribution in [0.25, 0.3) is 0 Å². The Morgan fingerprint density at radius 1 is 1.17 bits per heavy atom. The number of halogens is 3. The normalized spacial score (nSPS) is 13.7. The van der Waals surface area contributed by atoms with Crippen LogP contribution < -0.4 is 11.1 Å². The maximum Gasteiger partial charge on any atom is 0.416 e. The Labute approximate surface area is 135 Å². The van der Waals surface area contributed by atoms with Gasteiger partial charge in [-0.15, -0.1) is 0 Å². The molecule has 23 heavy (non-hydrogen) atoms. The minimum absolute atomic E-state index is 0.137. The van der Waals surface area contributed by atoms with E-state index in [0.29, 0.717) is 18.5 Å². The zero-order chi connectivity index (χ0) is 17.7. The molecular formula is C17H25F3N2O. The van der Waals surface area contributed by atoms with Crippen LogP contribution in [0.5, 0.6) is 0 Å². The van der Waals surface area contributed by atoms with Crippen LogP contribution in [0.4, 0.5) is 13.2 Å². The zero-order valence-corrected chi connectivity index (χ0v) is 13.8. The van der Waals surface area contributed by atoms with E-state index in [4.69, 9.17) is 5.73 Å². The van der Waals surface area contributed by atoms with Gasteiger partial charge in [0.25, 0.3) is 0 Å². The van der Waals surface area contributed by atoms with Gasteiger partial charge < -0.3 is 11.1 Å². The number of amides is 1. The third-order valence-corrected chi connectivity index (χ3v) is 4.29. The summed E-state index contributed by atoms with van der Waals surface area (Å²) in [4.78, 5) is 12.1. The van der Waals surface area contributed by atoms with Crippen molar-refractivity contribution >= 4 is 5.91 Å². The maximum absolute atomic E-state index is 12.5. The van der Waals surface area contributed by atoms with Crippen LogP contribution in [0.2, 0.25) is 0 Å². The van der Waals surface area contributed by atoms with Gasteiger partial charge in [0.1, 0.15) is 0 Å². The molecule has 0 aromatic heterocycles. The van der Waals surface area contributed by atoms with Crippen LogP contribution in [0, 0.1) is 5.92 Å². The van der Waals surface area contributed by atoms with Crippen molar-refractivity contribution in [3.8, 4) is 0 Å². The lowest BCUT2D eigenvalue weighted by atomic mass is 9.93. The molecule has 1 aromatic carbocycles. The van der Waals surface area contributed by atoms with E-state index in [1.807, 2.05) is 13.8 Å². The first-order valence-electron chi connectivity index (χ1n) is 7.84. The van der Waals surface area contributed by atoms with Gasteiger partial charge in [0, 0.05) is 18.0 Å². The number of hydrogen-bond donors (Lipinski definition) is 2. The number of alkyl halides is 3. The molecule has 0 spiro atoms. The minimum atomic E-state index is -4.34. The van der Waals surface area contributed by atoms with E-state index >= 15 is 0 Å². The third kappa shape index (κ3) is 5.86. The quantitative estimate of drug-likeness (QED) is 0.804. The zero-order valence-electron chi connectivity index (χ0n) is 13.8. The molecule has 0 heterocycles. The molecule has 0 aliphatic heterocycles. The third-order valence-electron chi connectivity index (χ3n) is 4.29. The van der Waals surface area contributed by atoms with Crippen LogP contribution in [0.1, 0.15) is 44.7 Å². The predicted octanol–water partition coefficient (Wildman–Crippen LogP) is 3.52. The van der Waals surface area contributed by atoms with Gasteiger partial charge in [0.05, 0.1) is 5.56 Å². The smallest absolute Gasteiger partial charge is 0.354 e. The van der Waals surface area contributed by atoms with Gasteiger partial charge in [-0.25, -0.2) is 0 Å². The van der Waals surface area contributed by atoms with Crippen LogP contribution in [0.3, 0.4) is 0 Å². The SMILES string of the molecule is CCC(N)(CC)CNC(=O)C(C)Cc1ccc(C(F)(F)F)cc1. The fourth-order valence-corrected chi connectivity index (χ4v) is 2.21. The Kier molecular flexibility index (Phi) is 6.62. The fourth-order valence-electron chi connectivity index (χ4n) is 2.21. The van der Waals surface area contributed by atoms with Gasteiger partial charge in [-0.2, -0.15) is 13.2 Å². The first-order valence-corrected chi connectivity index (χ1v) is 7.84. The van der Waals surface area contributed by atoms with Crippen molar-refractivity contribution < 1.29 is 18.0 Å². The van der Waals surface area contributed by atoms with E-state index in [1.165, 1.54) is 12.1 Å². The molecule has 0 aliphatic carbocycles. The van der Waals surface area contributed by atoms with E-state index in [0.717, 1.165) is 25.0 Å². The Morgan fingerprint density at radius 3 is 2.13 bits per heavy atom. The van der Waals surface area contributed by atoms with Crippen molar-refractivity contribution in [1.82, 2.24) is 5.32 Å². The average molecular weight is 330 g/mol. The second-order valence-corrected chi connectivity index (χ2v) is 6.09. The molecule has 1 aromatic rings. The maximum atomic E-state index is 12.5. The minimum Gasteiger partial charge on any atom is -0.354 e. The molecule has 1 amide bonds. The van der Waals surface area contributed by atoms with Gasteiger partial charge in [-0.3, -0.25) is 4.79 Å². The molecule has 0 saturated carbocycles. The van der Waals surface area contributed by atoms with Crippen molar-refractivity contribution in [3.05, 3.63) is 35.4 Å². The summed E-state index contributed by atoms with van der Waals surface area (Å²) in [6.07, 6.45) is -2.43. The van der Waals surface area contributed by atoms with Crippen molar-refractivity contribution in [3.63, 3.8) is 0 Å². The second-order valence-electron chi connectivity index (χ2n) is 6.09. The fraction of sp³-hybridized carbons (Fsp3) is 0.588. The summed E-state index contributed by atoms with van der Waals surface area (Å²) < 4.78 is 37.5. The molecule has 0 fully saturated rings. The number of nitrogens with two attached hydrogens (primary N) is 1. The van der Waals surface area contributed by atoms with Gasteiger partial charge >= 0.3 is 6.18 Å². The molecule has 1 atom stereocenters. The molecule has 1 unspecified atom stereocenters. The van der Waals surface area contributed by atoms with Crippen molar-refractivity contribution in [1.29, 1.82) is 0 Å². The molecule has 1 rings (SSSR count). The monoisotopic (exact) mass is 330 g/mol. The summed E-state index contributed by atoms with van der Waals surface area (Å²) in [5, 5.41) is 2.84. The summed E-state index contributed by atoms with van der Waals surface area (Å²) >= 11 is 0. The summed E-state index contributed by atoms with van der Waals surface area (Å²) in [6.45, 7) is 6.10. The highest BCUT2D eigenvalue weighted by atomic mass is 19.4. The molecule has 0 aliphatic rings. The summed E-state index contributed by atoms with van der Waals surface area (Å²) in [6, 6.07) is 4.91. The van der Waals surface area contributed by atoms with E-state index in [-0.39, 0.29) is 11.8 Å².